The lowest BCUT2D eigenvalue weighted by Crippen LogP contribution is -2.44. The molecule has 2 N–H and O–H groups in total. The van der Waals surface area contributed by atoms with Gasteiger partial charge in [0.15, 0.2) is 11.5 Å². The Morgan fingerprint density at radius 2 is 2.11 bits per heavy atom. The molecule has 1 atom stereocenters. The van der Waals surface area contributed by atoms with Gasteiger partial charge < -0.3 is 15.1 Å². The van der Waals surface area contributed by atoms with Crippen molar-refractivity contribution < 1.29 is 15.0 Å². The van der Waals surface area contributed by atoms with Crippen molar-refractivity contribution >= 4 is 5.91 Å². The molecule has 1 heterocycles. The van der Waals surface area contributed by atoms with Crippen molar-refractivity contribution in [3.63, 3.8) is 0 Å². The van der Waals surface area contributed by atoms with E-state index in [0.717, 1.165) is 31.4 Å². The predicted molar refractivity (Wildman–Crippen MR) is 73.1 cm³/mol. The second-order valence-electron chi connectivity index (χ2n) is 5.14. The lowest BCUT2D eigenvalue weighted by atomic mass is 9.99. The molecule has 4 heteroatoms. The first-order valence-corrected chi connectivity index (χ1v) is 6.92. The maximum atomic E-state index is 12.3. The largest absolute Gasteiger partial charge is 0.504 e. The van der Waals surface area contributed by atoms with Crippen molar-refractivity contribution in [3.05, 3.63) is 23.8 Å². The van der Waals surface area contributed by atoms with Crippen LogP contribution < -0.4 is 0 Å². The summed E-state index contributed by atoms with van der Waals surface area (Å²) in [6.07, 6.45) is 4.63. The summed E-state index contributed by atoms with van der Waals surface area (Å²) in [5.41, 5.74) is 0.737. The summed E-state index contributed by atoms with van der Waals surface area (Å²) in [6, 6.07) is 4.91. The summed E-state index contributed by atoms with van der Waals surface area (Å²) in [7, 11) is 0. The molecule has 1 saturated heterocycles. The van der Waals surface area contributed by atoms with E-state index in [-0.39, 0.29) is 23.8 Å². The number of phenols is 2. The Kier molecular flexibility index (Phi) is 4.30. The van der Waals surface area contributed by atoms with E-state index < -0.39 is 0 Å². The molecule has 1 aliphatic heterocycles. The molecule has 1 aromatic rings. The fourth-order valence-electron chi connectivity index (χ4n) is 2.71. The fraction of sp³-hybridized carbons (Fsp3) is 0.533. The van der Waals surface area contributed by atoms with Crippen LogP contribution in [0, 0.1) is 0 Å². The van der Waals surface area contributed by atoms with Crippen molar-refractivity contribution in [2.75, 3.05) is 6.54 Å². The quantitative estimate of drug-likeness (QED) is 0.823. The standard InChI is InChI=1S/C15H21NO3/c1-2-12-5-3-4-8-16(12)15(19)10-11-6-7-13(17)14(18)9-11/h6-7,9,12,17-18H,2-5,8,10H2,1H3. The van der Waals surface area contributed by atoms with Crippen LogP contribution in [0.2, 0.25) is 0 Å². The van der Waals surface area contributed by atoms with Gasteiger partial charge >= 0.3 is 0 Å². The minimum absolute atomic E-state index is 0.108. The van der Waals surface area contributed by atoms with Gasteiger partial charge in [0.1, 0.15) is 0 Å². The van der Waals surface area contributed by atoms with E-state index in [1.807, 2.05) is 4.90 Å². The molecule has 0 aromatic heterocycles. The van der Waals surface area contributed by atoms with Crippen LogP contribution in [0.25, 0.3) is 0 Å². The second-order valence-corrected chi connectivity index (χ2v) is 5.14. The molecule has 0 aliphatic carbocycles. The summed E-state index contributed by atoms with van der Waals surface area (Å²) >= 11 is 0. The van der Waals surface area contributed by atoms with Crippen LogP contribution in [0.5, 0.6) is 11.5 Å². The number of carbonyl (C=O) groups is 1. The molecule has 2 rings (SSSR count). The van der Waals surface area contributed by atoms with Crippen molar-refractivity contribution in [1.29, 1.82) is 0 Å². The Labute approximate surface area is 113 Å². The molecule has 1 fully saturated rings. The van der Waals surface area contributed by atoms with Crippen molar-refractivity contribution in [2.45, 2.75) is 45.1 Å². The van der Waals surface area contributed by atoms with Crippen molar-refractivity contribution in [3.8, 4) is 11.5 Å². The highest BCUT2D eigenvalue weighted by molar-refractivity contribution is 5.79. The molecule has 0 bridgehead atoms. The molecule has 1 aromatic carbocycles. The lowest BCUT2D eigenvalue weighted by Gasteiger charge is -2.35. The maximum absolute atomic E-state index is 12.3. The minimum atomic E-state index is -0.170. The molecule has 0 spiro atoms. The average molecular weight is 263 g/mol. The SMILES string of the molecule is CCC1CCCCN1C(=O)Cc1ccc(O)c(O)c1. The van der Waals surface area contributed by atoms with Gasteiger partial charge in [0.2, 0.25) is 5.91 Å². The van der Waals surface area contributed by atoms with Crippen LogP contribution in [0.4, 0.5) is 0 Å². The number of piperidine rings is 1. The van der Waals surface area contributed by atoms with Gasteiger partial charge in [-0.3, -0.25) is 4.79 Å². The molecule has 1 amide bonds. The van der Waals surface area contributed by atoms with E-state index in [0.29, 0.717) is 6.04 Å². The third-order valence-electron chi connectivity index (χ3n) is 3.81. The summed E-state index contributed by atoms with van der Waals surface area (Å²) in [4.78, 5) is 14.3. The molecule has 104 valence electrons. The molecule has 1 unspecified atom stereocenters. The third kappa shape index (κ3) is 3.19. The van der Waals surface area contributed by atoms with Gasteiger partial charge in [0, 0.05) is 12.6 Å². The highest BCUT2D eigenvalue weighted by Gasteiger charge is 2.25. The van der Waals surface area contributed by atoms with E-state index >= 15 is 0 Å². The average Bonchev–Trinajstić information content (AvgIpc) is 2.43. The Bertz CT molecular complexity index is 459. The van der Waals surface area contributed by atoms with Crippen molar-refractivity contribution in [1.82, 2.24) is 4.90 Å². The monoisotopic (exact) mass is 263 g/mol. The number of aromatic hydroxyl groups is 2. The fourth-order valence-corrected chi connectivity index (χ4v) is 2.71. The normalized spacial score (nSPS) is 19.4. The molecule has 0 radical (unpaired) electrons. The van der Waals surface area contributed by atoms with Crippen LogP contribution in [-0.4, -0.2) is 33.6 Å². The van der Waals surface area contributed by atoms with Gasteiger partial charge in [-0.15, -0.1) is 0 Å². The first-order chi connectivity index (χ1) is 9.11. The van der Waals surface area contributed by atoms with Gasteiger partial charge in [-0.1, -0.05) is 13.0 Å². The molecule has 19 heavy (non-hydrogen) atoms. The van der Waals surface area contributed by atoms with Gasteiger partial charge in [-0.25, -0.2) is 0 Å². The van der Waals surface area contributed by atoms with Crippen molar-refractivity contribution in [2.24, 2.45) is 0 Å². The summed E-state index contributed by atoms with van der Waals surface area (Å²) in [5, 5.41) is 18.7. The number of hydrogen-bond donors (Lipinski definition) is 2. The number of hydrogen-bond acceptors (Lipinski definition) is 3. The number of phenolic OH excluding ortho intramolecular Hbond substituents is 2. The molecule has 1 aliphatic rings. The Morgan fingerprint density at radius 3 is 2.79 bits per heavy atom. The summed E-state index contributed by atoms with van der Waals surface area (Å²) < 4.78 is 0. The zero-order valence-corrected chi connectivity index (χ0v) is 11.3. The Morgan fingerprint density at radius 1 is 1.32 bits per heavy atom. The number of likely N-dealkylation sites (tertiary alicyclic amines) is 1. The number of carbonyl (C=O) groups excluding carboxylic acids is 1. The zero-order chi connectivity index (χ0) is 13.8. The van der Waals surface area contributed by atoms with E-state index in [1.54, 1.807) is 6.07 Å². The lowest BCUT2D eigenvalue weighted by molar-refractivity contribution is -0.134. The summed E-state index contributed by atoms with van der Waals surface area (Å²) in [5.74, 6) is -0.215. The van der Waals surface area contributed by atoms with E-state index in [9.17, 15) is 15.0 Å². The van der Waals surface area contributed by atoms with Gasteiger partial charge in [-0.05, 0) is 43.4 Å². The first kappa shape index (κ1) is 13.7. The van der Waals surface area contributed by atoms with Gasteiger partial charge in [-0.2, -0.15) is 0 Å². The van der Waals surface area contributed by atoms with Crippen LogP contribution in [0.1, 0.15) is 38.2 Å². The van der Waals surface area contributed by atoms with E-state index in [1.165, 1.54) is 18.6 Å². The Hall–Kier alpha value is -1.71. The number of amides is 1. The minimum Gasteiger partial charge on any atom is -0.504 e. The third-order valence-corrected chi connectivity index (χ3v) is 3.81. The van der Waals surface area contributed by atoms with E-state index in [2.05, 4.69) is 6.92 Å². The highest BCUT2D eigenvalue weighted by Crippen LogP contribution is 2.26. The molecular weight excluding hydrogens is 242 g/mol. The number of rotatable bonds is 3. The topological polar surface area (TPSA) is 60.8 Å². The summed E-state index contributed by atoms with van der Waals surface area (Å²) in [6.45, 7) is 2.95. The predicted octanol–water partition coefficient (Wildman–Crippen LogP) is 2.43. The van der Waals surface area contributed by atoms with Crippen LogP contribution in [-0.2, 0) is 11.2 Å². The van der Waals surface area contributed by atoms with Crippen LogP contribution >= 0.6 is 0 Å². The smallest absolute Gasteiger partial charge is 0.227 e. The van der Waals surface area contributed by atoms with Gasteiger partial charge in [0.05, 0.1) is 6.42 Å². The number of nitrogens with zero attached hydrogens (tertiary/aromatic N) is 1. The molecule has 0 saturated carbocycles. The molecular formula is C15H21NO3. The maximum Gasteiger partial charge on any atom is 0.227 e. The van der Waals surface area contributed by atoms with Crippen LogP contribution in [0.3, 0.4) is 0 Å². The van der Waals surface area contributed by atoms with Crippen LogP contribution in [0.15, 0.2) is 18.2 Å². The number of benzene rings is 1. The van der Waals surface area contributed by atoms with E-state index in [4.69, 9.17) is 0 Å². The zero-order valence-electron chi connectivity index (χ0n) is 11.3. The first-order valence-electron chi connectivity index (χ1n) is 6.92. The van der Waals surface area contributed by atoms with Gasteiger partial charge in [0.25, 0.3) is 0 Å². The second kappa shape index (κ2) is 5.95. The Balaban J connectivity index is 2.05. The molecule has 4 nitrogen and oxygen atoms in total. The highest BCUT2D eigenvalue weighted by atomic mass is 16.3.